The lowest BCUT2D eigenvalue weighted by atomic mass is 10.1. The van der Waals surface area contributed by atoms with Crippen molar-refractivity contribution in [3.8, 4) is 11.3 Å². The number of para-hydroxylation sites is 1. The number of hydrogen-bond acceptors (Lipinski definition) is 5. The number of nitrogens with zero attached hydrogens (tertiary/aromatic N) is 4. The number of benzene rings is 1. The molecule has 0 N–H and O–H groups in total. The Hall–Kier alpha value is -3.09. The second kappa shape index (κ2) is 4.54. The van der Waals surface area contributed by atoms with E-state index in [1.165, 1.54) is 10.5 Å². The largest absolute Gasteiger partial charge is 0.281 e. The van der Waals surface area contributed by atoms with Gasteiger partial charge in [-0.1, -0.05) is 18.2 Å². The normalized spacial score (nSPS) is 10.6. The molecule has 2 aromatic heterocycles. The van der Waals surface area contributed by atoms with Crippen molar-refractivity contribution < 1.29 is 4.92 Å². The van der Waals surface area contributed by atoms with Crippen LogP contribution in [0, 0.1) is 15.0 Å². The summed E-state index contributed by atoms with van der Waals surface area (Å²) in [6, 6.07) is 11.3. The Morgan fingerprint density at radius 3 is 2.65 bits per heavy atom. The van der Waals surface area contributed by atoms with E-state index in [1.807, 2.05) is 0 Å². The van der Waals surface area contributed by atoms with Crippen molar-refractivity contribution in [1.82, 2.24) is 9.38 Å². The van der Waals surface area contributed by atoms with Gasteiger partial charge in [0.15, 0.2) is 0 Å². The standard InChI is InChI=1S/C13H8N4O3/c18-15-13-12(14-11-7-3-4-8-16(11)13)9-5-1-2-6-10(9)17(19)20/h1-8H. The Balaban J connectivity index is 2.35. The van der Waals surface area contributed by atoms with Gasteiger partial charge in [-0.05, 0) is 23.4 Å². The molecule has 7 heteroatoms. The number of nitro groups is 1. The molecule has 0 aliphatic rings. The Labute approximate surface area is 112 Å². The first kappa shape index (κ1) is 12.0. The van der Waals surface area contributed by atoms with Crippen molar-refractivity contribution in [3.63, 3.8) is 0 Å². The van der Waals surface area contributed by atoms with E-state index in [2.05, 4.69) is 10.2 Å². The van der Waals surface area contributed by atoms with Gasteiger partial charge in [0.05, 0.1) is 10.5 Å². The molecule has 3 aromatic rings. The number of pyridine rings is 1. The zero-order chi connectivity index (χ0) is 14.1. The van der Waals surface area contributed by atoms with Gasteiger partial charge in [-0.3, -0.25) is 14.5 Å². The molecule has 2 heterocycles. The third-order valence-corrected chi connectivity index (χ3v) is 2.95. The molecule has 1 aromatic carbocycles. The van der Waals surface area contributed by atoms with Crippen molar-refractivity contribution in [3.05, 3.63) is 63.7 Å². The summed E-state index contributed by atoms with van der Waals surface area (Å²) in [5, 5.41) is 14.0. The van der Waals surface area contributed by atoms with Crippen molar-refractivity contribution in [1.29, 1.82) is 0 Å². The highest BCUT2D eigenvalue weighted by Crippen LogP contribution is 2.35. The molecule has 0 spiro atoms. The molecule has 7 nitrogen and oxygen atoms in total. The van der Waals surface area contributed by atoms with E-state index in [0.29, 0.717) is 5.65 Å². The number of nitroso groups, excluding NO2 is 1. The Bertz CT molecular complexity index is 825. The maximum Gasteiger partial charge on any atom is 0.278 e. The van der Waals surface area contributed by atoms with Gasteiger partial charge >= 0.3 is 0 Å². The molecule has 0 fully saturated rings. The molecule has 0 unspecified atom stereocenters. The smallest absolute Gasteiger partial charge is 0.278 e. The van der Waals surface area contributed by atoms with Crippen LogP contribution in [0.15, 0.2) is 53.8 Å². The molecule has 0 radical (unpaired) electrons. The van der Waals surface area contributed by atoms with Crippen molar-refractivity contribution >= 4 is 17.2 Å². The van der Waals surface area contributed by atoms with Crippen LogP contribution in [0.5, 0.6) is 0 Å². The zero-order valence-corrected chi connectivity index (χ0v) is 10.1. The molecular formula is C13H8N4O3. The number of fused-ring (bicyclic) bond motifs is 1. The molecule has 3 rings (SSSR count). The minimum atomic E-state index is -0.506. The predicted molar refractivity (Wildman–Crippen MR) is 72.7 cm³/mol. The van der Waals surface area contributed by atoms with E-state index in [9.17, 15) is 15.0 Å². The number of hydrogen-bond donors (Lipinski definition) is 0. The first-order valence-electron chi connectivity index (χ1n) is 5.76. The Morgan fingerprint density at radius 1 is 1.15 bits per heavy atom. The third kappa shape index (κ3) is 1.72. The fraction of sp³-hybridized carbons (Fsp3) is 0. The van der Waals surface area contributed by atoms with Gasteiger partial charge in [0.25, 0.3) is 5.69 Å². The maximum absolute atomic E-state index is 11.1. The fourth-order valence-electron chi connectivity index (χ4n) is 2.08. The average molecular weight is 268 g/mol. The molecule has 0 bridgehead atoms. The number of aromatic nitrogens is 2. The molecule has 0 aliphatic carbocycles. The first-order chi connectivity index (χ1) is 9.72. The highest BCUT2D eigenvalue weighted by molar-refractivity contribution is 5.80. The van der Waals surface area contributed by atoms with Crippen LogP contribution in [-0.2, 0) is 0 Å². The van der Waals surface area contributed by atoms with Gasteiger partial charge < -0.3 is 0 Å². The summed E-state index contributed by atoms with van der Waals surface area (Å²) < 4.78 is 1.50. The zero-order valence-electron chi connectivity index (χ0n) is 10.1. The topological polar surface area (TPSA) is 89.9 Å². The highest BCUT2D eigenvalue weighted by atomic mass is 16.6. The fourth-order valence-corrected chi connectivity index (χ4v) is 2.08. The van der Waals surface area contributed by atoms with Crippen LogP contribution in [0.1, 0.15) is 0 Å². The average Bonchev–Trinajstić information content (AvgIpc) is 2.85. The SMILES string of the molecule is O=Nc1c(-c2ccccc2[N+](=O)[O-])nc2ccccn12. The van der Waals surface area contributed by atoms with E-state index in [4.69, 9.17) is 0 Å². The molecule has 0 amide bonds. The summed E-state index contributed by atoms with van der Waals surface area (Å²) in [5.41, 5.74) is 0.880. The lowest BCUT2D eigenvalue weighted by Crippen LogP contribution is -1.91. The van der Waals surface area contributed by atoms with Crippen LogP contribution < -0.4 is 0 Å². The molecule has 0 aliphatic heterocycles. The second-order valence-corrected chi connectivity index (χ2v) is 4.08. The summed E-state index contributed by atoms with van der Waals surface area (Å²) in [6.45, 7) is 0. The van der Waals surface area contributed by atoms with E-state index in [-0.39, 0.29) is 22.8 Å². The van der Waals surface area contributed by atoms with Crippen LogP contribution in [0.4, 0.5) is 11.5 Å². The number of imidazole rings is 1. The van der Waals surface area contributed by atoms with Crippen molar-refractivity contribution in [2.24, 2.45) is 5.18 Å². The maximum atomic E-state index is 11.1. The van der Waals surface area contributed by atoms with Crippen LogP contribution in [0.2, 0.25) is 0 Å². The van der Waals surface area contributed by atoms with Crippen molar-refractivity contribution in [2.45, 2.75) is 0 Å². The molecule has 0 saturated heterocycles. The van der Waals surface area contributed by atoms with E-state index < -0.39 is 4.92 Å². The summed E-state index contributed by atoms with van der Waals surface area (Å²) in [5.74, 6) is 0.0508. The van der Waals surface area contributed by atoms with Crippen LogP contribution in [0.3, 0.4) is 0 Å². The van der Waals surface area contributed by atoms with Crippen molar-refractivity contribution in [2.75, 3.05) is 0 Å². The Morgan fingerprint density at radius 2 is 1.90 bits per heavy atom. The molecule has 98 valence electrons. The summed E-state index contributed by atoms with van der Waals surface area (Å²) in [4.78, 5) is 25.9. The quantitative estimate of drug-likeness (QED) is 0.414. The van der Waals surface area contributed by atoms with Crippen LogP contribution >= 0.6 is 0 Å². The monoisotopic (exact) mass is 268 g/mol. The number of nitro benzene ring substituents is 1. The Kier molecular flexibility index (Phi) is 2.72. The van der Waals surface area contributed by atoms with E-state index in [1.54, 1.807) is 42.6 Å². The first-order valence-corrected chi connectivity index (χ1v) is 5.76. The molecule has 20 heavy (non-hydrogen) atoms. The number of rotatable bonds is 3. The molecule has 0 saturated carbocycles. The van der Waals surface area contributed by atoms with Gasteiger partial charge in [-0.25, -0.2) is 4.98 Å². The third-order valence-electron chi connectivity index (χ3n) is 2.95. The lowest BCUT2D eigenvalue weighted by molar-refractivity contribution is -0.384. The molecule has 0 atom stereocenters. The second-order valence-electron chi connectivity index (χ2n) is 4.08. The minimum absolute atomic E-state index is 0.0508. The van der Waals surface area contributed by atoms with Crippen LogP contribution in [0.25, 0.3) is 16.9 Å². The van der Waals surface area contributed by atoms with Gasteiger partial charge in [0, 0.05) is 12.3 Å². The summed E-state index contributed by atoms with van der Waals surface area (Å²) >= 11 is 0. The van der Waals surface area contributed by atoms with Gasteiger partial charge in [0.1, 0.15) is 11.3 Å². The van der Waals surface area contributed by atoms with E-state index >= 15 is 0 Å². The minimum Gasteiger partial charge on any atom is -0.281 e. The van der Waals surface area contributed by atoms with Crippen LogP contribution in [-0.4, -0.2) is 14.3 Å². The summed E-state index contributed by atoms with van der Waals surface area (Å²) in [7, 11) is 0. The van der Waals surface area contributed by atoms with E-state index in [0.717, 1.165) is 0 Å². The predicted octanol–water partition coefficient (Wildman–Crippen LogP) is 3.31. The summed E-state index contributed by atoms with van der Waals surface area (Å²) in [6.07, 6.45) is 1.64. The lowest BCUT2D eigenvalue weighted by Gasteiger charge is -1.99. The molecular weight excluding hydrogens is 260 g/mol. The van der Waals surface area contributed by atoms with Gasteiger partial charge in [-0.15, -0.1) is 4.91 Å². The van der Waals surface area contributed by atoms with Gasteiger partial charge in [-0.2, -0.15) is 0 Å². The van der Waals surface area contributed by atoms with Gasteiger partial charge in [0.2, 0.25) is 5.82 Å². The highest BCUT2D eigenvalue weighted by Gasteiger charge is 2.22.